The molecule has 34 heavy (non-hydrogen) atoms. The number of anilines is 2. The highest BCUT2D eigenvalue weighted by Crippen LogP contribution is 2.32. The number of carbonyl (C=O) groups is 2. The van der Waals surface area contributed by atoms with E-state index in [1.54, 1.807) is 68.6 Å². The summed E-state index contributed by atoms with van der Waals surface area (Å²) in [6.45, 7) is 2.25. The Morgan fingerprint density at radius 2 is 1.74 bits per heavy atom. The zero-order valence-electron chi connectivity index (χ0n) is 19.5. The van der Waals surface area contributed by atoms with Crippen molar-refractivity contribution in [1.82, 2.24) is 10.2 Å². The number of benzene rings is 2. The average molecular weight is 485 g/mol. The third kappa shape index (κ3) is 6.03. The molecule has 1 unspecified atom stereocenters. The molecule has 2 amide bonds. The van der Waals surface area contributed by atoms with Crippen LogP contribution in [0.3, 0.4) is 0 Å². The van der Waals surface area contributed by atoms with Gasteiger partial charge in [-0.2, -0.15) is 0 Å². The highest BCUT2D eigenvalue weighted by atomic mass is 32.1. The van der Waals surface area contributed by atoms with Crippen LogP contribution in [0.5, 0.6) is 5.75 Å². The third-order valence-electron chi connectivity index (χ3n) is 5.30. The Labute approximate surface area is 204 Å². The summed E-state index contributed by atoms with van der Waals surface area (Å²) < 4.78 is 15.5. The van der Waals surface area contributed by atoms with Crippen LogP contribution in [0.25, 0.3) is 0 Å². The SMILES string of the molecule is COCCOC(=O)C1=C(C)N(C)C(=S)NC1c1cccc(NC(=O)Nc2cccc(OC)c2)c1. The second kappa shape index (κ2) is 11.5. The maximum atomic E-state index is 12.9. The van der Waals surface area contributed by atoms with Gasteiger partial charge < -0.3 is 35.1 Å². The van der Waals surface area contributed by atoms with Gasteiger partial charge in [-0.1, -0.05) is 18.2 Å². The molecule has 3 N–H and O–H groups in total. The minimum absolute atomic E-state index is 0.138. The van der Waals surface area contributed by atoms with E-state index in [0.29, 0.717) is 40.1 Å². The van der Waals surface area contributed by atoms with E-state index >= 15 is 0 Å². The summed E-state index contributed by atoms with van der Waals surface area (Å²) in [5.74, 6) is 0.173. The van der Waals surface area contributed by atoms with Crippen molar-refractivity contribution in [3.63, 3.8) is 0 Å². The highest BCUT2D eigenvalue weighted by Gasteiger charge is 2.33. The van der Waals surface area contributed by atoms with Gasteiger partial charge in [0.25, 0.3) is 0 Å². The van der Waals surface area contributed by atoms with E-state index in [1.165, 1.54) is 0 Å². The van der Waals surface area contributed by atoms with Crippen LogP contribution < -0.4 is 20.7 Å². The molecule has 1 heterocycles. The summed E-state index contributed by atoms with van der Waals surface area (Å²) in [5.41, 5.74) is 3.01. The van der Waals surface area contributed by atoms with Crippen LogP contribution in [0, 0.1) is 0 Å². The fraction of sp³-hybridized carbons (Fsp3) is 0.292. The topological polar surface area (TPSA) is 101 Å². The first-order valence-corrected chi connectivity index (χ1v) is 11.0. The van der Waals surface area contributed by atoms with Crippen LogP contribution >= 0.6 is 12.2 Å². The first-order valence-electron chi connectivity index (χ1n) is 10.6. The molecule has 2 aromatic rings. The highest BCUT2D eigenvalue weighted by molar-refractivity contribution is 7.80. The Bertz CT molecular complexity index is 1100. The first-order chi connectivity index (χ1) is 16.3. The second-order valence-corrected chi connectivity index (χ2v) is 7.89. The number of ether oxygens (including phenoxy) is 3. The van der Waals surface area contributed by atoms with Gasteiger partial charge in [-0.15, -0.1) is 0 Å². The van der Waals surface area contributed by atoms with Crippen molar-refractivity contribution in [2.24, 2.45) is 0 Å². The van der Waals surface area contributed by atoms with Crippen LogP contribution in [-0.4, -0.2) is 56.5 Å². The van der Waals surface area contributed by atoms with Crippen molar-refractivity contribution in [2.75, 3.05) is 45.1 Å². The summed E-state index contributed by atoms with van der Waals surface area (Å²) >= 11 is 5.44. The fourth-order valence-electron chi connectivity index (χ4n) is 3.44. The maximum Gasteiger partial charge on any atom is 0.338 e. The van der Waals surface area contributed by atoms with E-state index in [2.05, 4.69) is 16.0 Å². The number of nitrogens with zero attached hydrogens (tertiary/aromatic N) is 1. The van der Waals surface area contributed by atoms with Crippen molar-refractivity contribution in [3.05, 3.63) is 65.4 Å². The van der Waals surface area contributed by atoms with Gasteiger partial charge in [-0.05, 0) is 49.0 Å². The molecular formula is C24H28N4O5S. The summed E-state index contributed by atoms with van der Waals surface area (Å²) in [6.07, 6.45) is 0. The van der Waals surface area contributed by atoms with Crippen molar-refractivity contribution in [3.8, 4) is 5.75 Å². The van der Waals surface area contributed by atoms with Gasteiger partial charge in [0.2, 0.25) is 0 Å². The first kappa shape index (κ1) is 25.0. The molecule has 3 rings (SSSR count). The van der Waals surface area contributed by atoms with Gasteiger partial charge in [-0.25, -0.2) is 9.59 Å². The molecule has 0 aliphatic carbocycles. The number of hydrogen-bond acceptors (Lipinski definition) is 6. The molecule has 10 heteroatoms. The number of carbonyl (C=O) groups excluding carboxylic acids is 2. The number of hydrogen-bond donors (Lipinski definition) is 3. The number of allylic oxidation sites excluding steroid dienone is 1. The molecular weight excluding hydrogens is 456 g/mol. The summed E-state index contributed by atoms with van der Waals surface area (Å²) in [4.78, 5) is 27.2. The van der Waals surface area contributed by atoms with Gasteiger partial charge in [0.1, 0.15) is 12.4 Å². The molecule has 0 bridgehead atoms. The molecule has 9 nitrogen and oxygen atoms in total. The van der Waals surface area contributed by atoms with Crippen LogP contribution in [0.2, 0.25) is 0 Å². The number of amides is 2. The van der Waals surface area contributed by atoms with Gasteiger partial charge in [0, 0.05) is 37.3 Å². The van der Waals surface area contributed by atoms with Crippen LogP contribution in [0.1, 0.15) is 18.5 Å². The lowest BCUT2D eigenvalue weighted by Gasteiger charge is -2.35. The van der Waals surface area contributed by atoms with E-state index in [0.717, 1.165) is 5.56 Å². The van der Waals surface area contributed by atoms with E-state index < -0.39 is 18.0 Å². The largest absolute Gasteiger partial charge is 0.497 e. The Morgan fingerprint density at radius 1 is 1.06 bits per heavy atom. The van der Waals surface area contributed by atoms with Crippen LogP contribution in [0.4, 0.5) is 16.2 Å². The molecule has 0 fully saturated rings. The molecule has 0 aromatic heterocycles. The third-order valence-corrected chi connectivity index (χ3v) is 5.69. The minimum atomic E-state index is -0.540. The number of methoxy groups -OCH3 is 2. The van der Waals surface area contributed by atoms with Crippen molar-refractivity contribution in [1.29, 1.82) is 0 Å². The van der Waals surface area contributed by atoms with E-state index in [-0.39, 0.29) is 6.61 Å². The van der Waals surface area contributed by atoms with Crippen molar-refractivity contribution < 1.29 is 23.8 Å². The lowest BCUT2D eigenvalue weighted by atomic mass is 9.95. The monoisotopic (exact) mass is 484 g/mol. The summed E-state index contributed by atoms with van der Waals surface area (Å²) in [5, 5.41) is 9.25. The molecule has 180 valence electrons. The molecule has 2 aromatic carbocycles. The number of esters is 1. The van der Waals surface area contributed by atoms with Gasteiger partial charge >= 0.3 is 12.0 Å². The number of rotatable bonds is 8. The second-order valence-electron chi connectivity index (χ2n) is 7.51. The molecule has 0 saturated heterocycles. The maximum absolute atomic E-state index is 12.9. The smallest absolute Gasteiger partial charge is 0.338 e. The van der Waals surface area contributed by atoms with E-state index in [4.69, 9.17) is 26.4 Å². The molecule has 1 aliphatic rings. The van der Waals surface area contributed by atoms with Gasteiger partial charge in [-0.3, -0.25) is 0 Å². The summed E-state index contributed by atoms with van der Waals surface area (Å²) in [7, 11) is 4.88. The van der Waals surface area contributed by atoms with E-state index in [1.807, 2.05) is 13.0 Å². The lowest BCUT2D eigenvalue weighted by Crippen LogP contribution is -2.46. The molecule has 1 aliphatic heterocycles. The van der Waals surface area contributed by atoms with Crippen molar-refractivity contribution in [2.45, 2.75) is 13.0 Å². The number of urea groups is 1. The van der Waals surface area contributed by atoms with Gasteiger partial charge in [0.05, 0.1) is 25.3 Å². The van der Waals surface area contributed by atoms with Gasteiger partial charge in [0.15, 0.2) is 5.11 Å². The standard InChI is InChI=1S/C24H28N4O5S/c1-15-20(22(29)33-12-11-31-3)21(27-24(34)28(15)2)16-7-5-8-17(13-16)25-23(30)26-18-9-6-10-19(14-18)32-4/h5-10,13-14,21H,11-12H2,1-4H3,(H,27,34)(H2,25,26,30). The van der Waals surface area contributed by atoms with E-state index in [9.17, 15) is 9.59 Å². The van der Waals surface area contributed by atoms with Crippen molar-refractivity contribution >= 4 is 40.7 Å². The summed E-state index contributed by atoms with van der Waals surface area (Å²) in [6, 6.07) is 13.3. The molecule has 0 saturated carbocycles. The molecule has 0 radical (unpaired) electrons. The quantitative estimate of drug-likeness (QED) is 0.297. The number of nitrogens with one attached hydrogen (secondary N) is 3. The average Bonchev–Trinajstić information content (AvgIpc) is 2.82. The molecule has 1 atom stereocenters. The lowest BCUT2D eigenvalue weighted by molar-refractivity contribution is -0.140. The Balaban J connectivity index is 1.81. The Morgan fingerprint density at radius 3 is 2.41 bits per heavy atom. The minimum Gasteiger partial charge on any atom is -0.497 e. The Hall–Kier alpha value is -3.63. The zero-order valence-corrected chi connectivity index (χ0v) is 20.3. The predicted octanol–water partition coefficient (Wildman–Crippen LogP) is 3.66. The molecule has 0 spiro atoms. The number of thiocarbonyl (C=S) groups is 1. The Kier molecular flexibility index (Phi) is 8.44. The predicted molar refractivity (Wildman–Crippen MR) is 134 cm³/mol. The zero-order chi connectivity index (χ0) is 24.7. The van der Waals surface area contributed by atoms with Crippen LogP contribution in [0.15, 0.2) is 59.8 Å². The normalized spacial score (nSPS) is 15.5. The van der Waals surface area contributed by atoms with Crippen LogP contribution in [-0.2, 0) is 14.3 Å². The fourth-order valence-corrected chi connectivity index (χ4v) is 3.69.